The second kappa shape index (κ2) is 7.36. The minimum absolute atomic E-state index is 0.0392. The van der Waals surface area contributed by atoms with Crippen LogP contribution in [-0.4, -0.2) is 23.3 Å². The van der Waals surface area contributed by atoms with Crippen LogP contribution in [0.3, 0.4) is 0 Å². The van der Waals surface area contributed by atoms with Crippen molar-refractivity contribution in [1.29, 1.82) is 0 Å². The molecule has 3 rings (SSSR count). The Balaban J connectivity index is 1.81. The maximum atomic E-state index is 12.7. The number of halogens is 1. The van der Waals surface area contributed by atoms with Crippen LogP contribution in [0.2, 0.25) is 5.02 Å². The topological polar surface area (TPSA) is 92.5 Å². The molecule has 0 bridgehead atoms. The summed E-state index contributed by atoms with van der Waals surface area (Å²) in [7, 11) is 0. The van der Waals surface area contributed by atoms with Crippen LogP contribution >= 0.6 is 11.6 Å². The Labute approximate surface area is 161 Å². The Morgan fingerprint density at radius 3 is 2.67 bits per heavy atom. The van der Waals surface area contributed by atoms with Crippen molar-refractivity contribution in [2.45, 2.75) is 20.3 Å². The van der Waals surface area contributed by atoms with Gasteiger partial charge in [0.15, 0.2) is 0 Å². The highest BCUT2D eigenvalue weighted by atomic mass is 35.5. The lowest BCUT2D eigenvalue weighted by molar-refractivity contribution is -0.384. The van der Waals surface area contributed by atoms with Gasteiger partial charge in [0, 0.05) is 29.7 Å². The Hall–Kier alpha value is -2.93. The Morgan fingerprint density at radius 2 is 1.96 bits per heavy atom. The second-order valence-electron chi connectivity index (χ2n) is 6.50. The number of nitrogens with one attached hydrogen (secondary N) is 1. The molecule has 27 heavy (non-hydrogen) atoms. The van der Waals surface area contributed by atoms with Crippen molar-refractivity contribution in [3.8, 4) is 0 Å². The van der Waals surface area contributed by atoms with E-state index in [1.807, 2.05) is 6.92 Å². The van der Waals surface area contributed by atoms with Gasteiger partial charge in [0.25, 0.3) is 5.69 Å². The van der Waals surface area contributed by atoms with Crippen LogP contribution in [0.25, 0.3) is 0 Å². The van der Waals surface area contributed by atoms with Crippen LogP contribution in [0.1, 0.15) is 17.5 Å². The number of carbonyl (C=O) groups excluding carboxylic acids is 2. The average Bonchev–Trinajstić information content (AvgIpc) is 3.00. The molecule has 140 valence electrons. The number of nitro benzene ring substituents is 1. The molecule has 0 spiro atoms. The SMILES string of the molecule is Cc1cccc([N+](=O)[O-])c1NC(=O)C1CC(=O)N(c2cccc(Cl)c2C)C1. The Kier molecular flexibility index (Phi) is 5.14. The predicted molar refractivity (Wildman–Crippen MR) is 103 cm³/mol. The molecule has 2 aromatic carbocycles. The van der Waals surface area contributed by atoms with Crippen molar-refractivity contribution >= 4 is 40.5 Å². The first-order chi connectivity index (χ1) is 12.8. The fourth-order valence-electron chi connectivity index (χ4n) is 3.20. The van der Waals surface area contributed by atoms with Crippen molar-refractivity contribution in [2.75, 3.05) is 16.8 Å². The van der Waals surface area contributed by atoms with Gasteiger partial charge in [0.1, 0.15) is 5.69 Å². The van der Waals surface area contributed by atoms with Crippen molar-refractivity contribution in [1.82, 2.24) is 0 Å². The minimum Gasteiger partial charge on any atom is -0.320 e. The molecule has 2 aromatic rings. The molecule has 1 aliphatic rings. The van der Waals surface area contributed by atoms with Crippen molar-refractivity contribution in [2.24, 2.45) is 5.92 Å². The first-order valence-corrected chi connectivity index (χ1v) is 8.77. The Morgan fingerprint density at radius 1 is 1.26 bits per heavy atom. The first-order valence-electron chi connectivity index (χ1n) is 8.40. The summed E-state index contributed by atoms with van der Waals surface area (Å²) in [4.78, 5) is 37.3. The molecule has 1 unspecified atom stereocenters. The normalized spacial score (nSPS) is 16.5. The van der Waals surface area contributed by atoms with Crippen molar-refractivity contribution in [3.05, 3.63) is 62.7 Å². The van der Waals surface area contributed by atoms with E-state index in [1.54, 1.807) is 37.3 Å². The molecular formula is C19H18ClN3O4. The molecule has 7 nitrogen and oxygen atoms in total. The van der Waals surface area contributed by atoms with Crippen LogP contribution in [0.4, 0.5) is 17.1 Å². The molecule has 1 aliphatic heterocycles. The zero-order valence-corrected chi connectivity index (χ0v) is 15.6. The van der Waals surface area contributed by atoms with Gasteiger partial charge in [-0.1, -0.05) is 29.8 Å². The molecule has 2 amide bonds. The molecule has 1 heterocycles. The zero-order chi connectivity index (χ0) is 19.7. The number of nitro groups is 1. The molecule has 1 N–H and O–H groups in total. The number of carbonyl (C=O) groups is 2. The van der Waals surface area contributed by atoms with Gasteiger partial charge in [-0.05, 0) is 37.1 Å². The van der Waals surface area contributed by atoms with E-state index in [2.05, 4.69) is 5.32 Å². The fraction of sp³-hybridized carbons (Fsp3) is 0.263. The van der Waals surface area contributed by atoms with E-state index in [-0.39, 0.29) is 30.2 Å². The average molecular weight is 388 g/mol. The van der Waals surface area contributed by atoms with E-state index in [9.17, 15) is 19.7 Å². The molecule has 8 heteroatoms. The van der Waals surface area contributed by atoms with E-state index in [0.29, 0.717) is 16.3 Å². The predicted octanol–water partition coefficient (Wildman–Crippen LogP) is 3.86. The smallest absolute Gasteiger partial charge is 0.293 e. The monoisotopic (exact) mass is 387 g/mol. The van der Waals surface area contributed by atoms with Gasteiger partial charge in [-0.15, -0.1) is 0 Å². The third-order valence-electron chi connectivity index (χ3n) is 4.72. The van der Waals surface area contributed by atoms with E-state index >= 15 is 0 Å². The maximum Gasteiger partial charge on any atom is 0.293 e. The van der Waals surface area contributed by atoms with Crippen LogP contribution < -0.4 is 10.2 Å². The quantitative estimate of drug-likeness (QED) is 0.636. The van der Waals surface area contributed by atoms with Gasteiger partial charge >= 0.3 is 0 Å². The molecule has 0 aromatic heterocycles. The van der Waals surface area contributed by atoms with Gasteiger partial charge in [-0.3, -0.25) is 19.7 Å². The van der Waals surface area contributed by atoms with E-state index < -0.39 is 16.7 Å². The fourth-order valence-corrected chi connectivity index (χ4v) is 3.37. The number of hydrogen-bond donors (Lipinski definition) is 1. The van der Waals surface area contributed by atoms with Gasteiger partial charge in [0.05, 0.1) is 10.8 Å². The number of hydrogen-bond acceptors (Lipinski definition) is 4. The number of aryl methyl sites for hydroxylation is 1. The summed E-state index contributed by atoms with van der Waals surface area (Å²) in [6.07, 6.45) is 0.0392. The molecule has 0 saturated carbocycles. The summed E-state index contributed by atoms with van der Waals surface area (Å²) in [5, 5.41) is 14.4. The maximum absolute atomic E-state index is 12.7. The molecule has 0 aliphatic carbocycles. The number of anilines is 2. The lowest BCUT2D eigenvalue weighted by atomic mass is 10.1. The third kappa shape index (κ3) is 3.64. The summed E-state index contributed by atoms with van der Waals surface area (Å²) in [6.45, 7) is 3.70. The standard InChI is InChI=1S/C19H18ClN3O4/c1-11-5-3-8-16(23(26)27)18(11)21-19(25)13-9-17(24)22(10-13)15-7-4-6-14(20)12(15)2/h3-8,13H,9-10H2,1-2H3,(H,21,25). The lowest BCUT2D eigenvalue weighted by Gasteiger charge is -2.19. The number of rotatable bonds is 4. The summed E-state index contributed by atoms with van der Waals surface area (Å²) < 4.78 is 0. The van der Waals surface area contributed by atoms with Crippen LogP contribution in [0, 0.1) is 29.9 Å². The van der Waals surface area contributed by atoms with Crippen LogP contribution in [0.5, 0.6) is 0 Å². The van der Waals surface area contributed by atoms with Crippen molar-refractivity contribution < 1.29 is 14.5 Å². The summed E-state index contributed by atoms with van der Waals surface area (Å²) in [5.74, 6) is -1.20. The van der Waals surface area contributed by atoms with Crippen molar-refractivity contribution in [3.63, 3.8) is 0 Å². The number of para-hydroxylation sites is 1. The molecular weight excluding hydrogens is 370 g/mol. The largest absolute Gasteiger partial charge is 0.320 e. The van der Waals surface area contributed by atoms with E-state index in [0.717, 1.165) is 5.56 Å². The molecule has 1 fully saturated rings. The highest BCUT2D eigenvalue weighted by molar-refractivity contribution is 6.31. The van der Waals surface area contributed by atoms with Gasteiger partial charge < -0.3 is 10.2 Å². The van der Waals surface area contributed by atoms with Crippen LogP contribution in [0.15, 0.2) is 36.4 Å². The third-order valence-corrected chi connectivity index (χ3v) is 5.13. The van der Waals surface area contributed by atoms with Crippen LogP contribution in [-0.2, 0) is 9.59 Å². The number of nitrogens with zero attached hydrogens (tertiary/aromatic N) is 2. The number of amides is 2. The molecule has 1 saturated heterocycles. The van der Waals surface area contributed by atoms with Gasteiger partial charge in [0.2, 0.25) is 11.8 Å². The molecule has 0 radical (unpaired) electrons. The molecule has 1 atom stereocenters. The summed E-state index contributed by atoms with van der Waals surface area (Å²) in [6, 6.07) is 9.86. The zero-order valence-electron chi connectivity index (χ0n) is 14.9. The van der Waals surface area contributed by atoms with Gasteiger partial charge in [-0.25, -0.2) is 0 Å². The first kappa shape index (κ1) is 18.8. The lowest BCUT2D eigenvalue weighted by Crippen LogP contribution is -2.29. The second-order valence-corrected chi connectivity index (χ2v) is 6.91. The summed E-state index contributed by atoms with van der Waals surface area (Å²) >= 11 is 6.13. The van der Waals surface area contributed by atoms with E-state index in [1.165, 1.54) is 11.0 Å². The van der Waals surface area contributed by atoms with Gasteiger partial charge in [-0.2, -0.15) is 0 Å². The number of benzene rings is 2. The Bertz CT molecular complexity index is 945. The minimum atomic E-state index is -0.602. The highest BCUT2D eigenvalue weighted by Crippen LogP contribution is 2.33. The van der Waals surface area contributed by atoms with E-state index in [4.69, 9.17) is 11.6 Å². The summed E-state index contributed by atoms with van der Waals surface area (Å²) in [5.41, 5.74) is 2.02. The highest BCUT2D eigenvalue weighted by Gasteiger charge is 2.36.